The van der Waals surface area contributed by atoms with Crippen molar-refractivity contribution in [2.75, 3.05) is 16.9 Å². The Balaban J connectivity index is 1.73. The maximum absolute atomic E-state index is 12.7. The van der Waals surface area contributed by atoms with E-state index in [1.807, 2.05) is 24.3 Å². The topological polar surface area (TPSA) is 49.4 Å². The molecule has 2 aromatic rings. The smallest absolute Gasteiger partial charge is 0.255 e. The van der Waals surface area contributed by atoms with Crippen LogP contribution in [0.15, 0.2) is 48.5 Å². The summed E-state index contributed by atoms with van der Waals surface area (Å²) in [5.74, 6) is 0.782. The molecule has 7 heteroatoms. The first kappa shape index (κ1) is 17.6. The molecule has 2 aromatic carbocycles. The van der Waals surface area contributed by atoms with Crippen molar-refractivity contribution in [3.63, 3.8) is 0 Å². The molecule has 1 unspecified atom stereocenters. The Morgan fingerprint density at radius 1 is 1.21 bits per heavy atom. The molecule has 1 saturated heterocycles. The highest BCUT2D eigenvalue weighted by molar-refractivity contribution is 14.1. The van der Waals surface area contributed by atoms with Crippen molar-refractivity contribution < 1.29 is 9.59 Å². The summed E-state index contributed by atoms with van der Waals surface area (Å²) >= 11 is 9.63. The molecular weight excluding hydrogens is 459 g/mol. The molecule has 1 fully saturated rings. The number of rotatable bonds is 3. The van der Waals surface area contributed by atoms with Gasteiger partial charge < -0.3 is 10.2 Å². The number of amides is 2. The second-order valence-corrected chi connectivity index (χ2v) is 7.98. The van der Waals surface area contributed by atoms with E-state index in [1.54, 1.807) is 40.9 Å². The van der Waals surface area contributed by atoms with Gasteiger partial charge in [0.05, 0.1) is 5.88 Å². The molecule has 24 heavy (non-hydrogen) atoms. The van der Waals surface area contributed by atoms with Gasteiger partial charge in [-0.05, 0) is 65.1 Å². The Hall–Kier alpha value is -1.25. The minimum Gasteiger partial charge on any atom is -0.324 e. The summed E-state index contributed by atoms with van der Waals surface area (Å²) in [6.45, 7) is 0. The van der Waals surface area contributed by atoms with E-state index >= 15 is 0 Å². The van der Waals surface area contributed by atoms with Gasteiger partial charge in [0, 0.05) is 25.6 Å². The highest BCUT2D eigenvalue weighted by Crippen LogP contribution is 2.25. The lowest BCUT2D eigenvalue weighted by atomic mass is 10.1. The molecule has 2 amide bonds. The maximum atomic E-state index is 12.7. The van der Waals surface area contributed by atoms with Crippen molar-refractivity contribution in [1.82, 2.24) is 4.90 Å². The minimum atomic E-state index is -0.476. The Bertz CT molecular complexity index is 769. The molecule has 1 aliphatic heterocycles. The zero-order chi connectivity index (χ0) is 17.1. The molecule has 0 radical (unpaired) electrons. The van der Waals surface area contributed by atoms with E-state index in [1.165, 1.54) is 0 Å². The van der Waals surface area contributed by atoms with Crippen LogP contribution in [0.5, 0.6) is 0 Å². The summed E-state index contributed by atoms with van der Waals surface area (Å²) in [5.41, 5.74) is 1.27. The van der Waals surface area contributed by atoms with E-state index in [0.29, 0.717) is 22.2 Å². The molecule has 124 valence electrons. The van der Waals surface area contributed by atoms with Gasteiger partial charge in [-0.3, -0.25) is 9.59 Å². The van der Waals surface area contributed by atoms with E-state index in [0.717, 1.165) is 9.26 Å². The number of halogens is 2. The number of anilines is 1. The highest BCUT2D eigenvalue weighted by Gasteiger charge is 2.35. The fourth-order valence-electron chi connectivity index (χ4n) is 2.41. The van der Waals surface area contributed by atoms with Crippen LogP contribution in [0.2, 0.25) is 5.02 Å². The van der Waals surface area contributed by atoms with E-state index < -0.39 is 6.04 Å². The lowest BCUT2D eigenvalue weighted by Gasteiger charge is -2.23. The highest BCUT2D eigenvalue weighted by atomic mass is 127. The molecule has 3 rings (SSSR count). The van der Waals surface area contributed by atoms with Gasteiger partial charge in [-0.15, -0.1) is 11.8 Å². The van der Waals surface area contributed by atoms with Gasteiger partial charge in [-0.25, -0.2) is 0 Å². The predicted molar refractivity (Wildman–Crippen MR) is 107 cm³/mol. The third-order valence-corrected chi connectivity index (χ3v) is 5.56. The molecule has 4 nitrogen and oxygen atoms in total. The van der Waals surface area contributed by atoms with Crippen LogP contribution in [-0.4, -0.2) is 34.4 Å². The van der Waals surface area contributed by atoms with Gasteiger partial charge in [0.1, 0.15) is 6.04 Å². The lowest BCUT2D eigenvalue weighted by molar-refractivity contribution is -0.119. The Morgan fingerprint density at radius 3 is 2.67 bits per heavy atom. The molecule has 0 bridgehead atoms. The third kappa shape index (κ3) is 4.04. The van der Waals surface area contributed by atoms with Crippen LogP contribution in [0.1, 0.15) is 10.4 Å². The molecule has 1 aliphatic rings. The van der Waals surface area contributed by atoms with E-state index in [9.17, 15) is 9.59 Å². The van der Waals surface area contributed by atoms with Crippen LogP contribution in [0, 0.1) is 3.57 Å². The Labute approximate surface area is 163 Å². The summed E-state index contributed by atoms with van der Waals surface area (Å²) < 4.78 is 1.04. The number of benzene rings is 2. The van der Waals surface area contributed by atoms with Gasteiger partial charge in [-0.2, -0.15) is 0 Å². The fourth-order valence-corrected chi connectivity index (χ4v) is 4.23. The van der Waals surface area contributed by atoms with E-state index in [-0.39, 0.29) is 11.8 Å². The van der Waals surface area contributed by atoms with Crippen LogP contribution < -0.4 is 5.32 Å². The maximum Gasteiger partial charge on any atom is 0.255 e. The lowest BCUT2D eigenvalue weighted by Crippen LogP contribution is -2.44. The molecule has 1 atom stereocenters. The van der Waals surface area contributed by atoms with Crippen LogP contribution >= 0.6 is 46.0 Å². The molecular formula is C17H14ClIN2O2S. The van der Waals surface area contributed by atoms with E-state index in [2.05, 4.69) is 27.9 Å². The third-order valence-electron chi connectivity index (χ3n) is 3.63. The van der Waals surface area contributed by atoms with Crippen molar-refractivity contribution in [1.29, 1.82) is 0 Å². The molecule has 1 heterocycles. The number of carbonyl (C=O) groups excluding carboxylic acids is 2. The molecule has 0 aliphatic carbocycles. The van der Waals surface area contributed by atoms with Crippen LogP contribution in [-0.2, 0) is 4.79 Å². The second-order valence-electron chi connectivity index (χ2n) is 5.30. The average molecular weight is 473 g/mol. The minimum absolute atomic E-state index is 0.153. The number of nitrogens with one attached hydrogen (secondary N) is 1. The summed E-state index contributed by atoms with van der Waals surface area (Å²) in [6.07, 6.45) is 0. The zero-order valence-electron chi connectivity index (χ0n) is 12.5. The summed E-state index contributed by atoms with van der Waals surface area (Å²) in [4.78, 5) is 26.9. The van der Waals surface area contributed by atoms with Crippen molar-refractivity contribution in [2.24, 2.45) is 0 Å². The Kier molecular flexibility index (Phi) is 5.68. The van der Waals surface area contributed by atoms with Crippen LogP contribution in [0.25, 0.3) is 0 Å². The van der Waals surface area contributed by atoms with Gasteiger partial charge in [0.2, 0.25) is 5.91 Å². The number of carbonyl (C=O) groups is 2. The summed E-state index contributed by atoms with van der Waals surface area (Å²) in [7, 11) is 0. The molecule has 1 N–H and O–H groups in total. The average Bonchev–Trinajstić information content (AvgIpc) is 3.04. The second kappa shape index (κ2) is 7.76. The van der Waals surface area contributed by atoms with Gasteiger partial charge in [0.15, 0.2) is 0 Å². The van der Waals surface area contributed by atoms with Crippen LogP contribution in [0.4, 0.5) is 5.69 Å². The van der Waals surface area contributed by atoms with Crippen molar-refractivity contribution in [2.45, 2.75) is 6.04 Å². The normalized spacial score (nSPS) is 16.9. The van der Waals surface area contributed by atoms with Crippen molar-refractivity contribution in [3.8, 4) is 0 Å². The number of nitrogens with zero attached hydrogens (tertiary/aromatic N) is 1. The fraction of sp³-hybridized carbons (Fsp3) is 0.176. The number of hydrogen-bond acceptors (Lipinski definition) is 3. The SMILES string of the molecule is O=C(Nc1cccc(I)c1)C1CSCN1C(=O)c1ccc(Cl)cc1. The molecule has 0 aromatic heterocycles. The first-order valence-corrected chi connectivity index (χ1v) is 9.86. The quantitative estimate of drug-likeness (QED) is 0.685. The van der Waals surface area contributed by atoms with Gasteiger partial charge >= 0.3 is 0 Å². The standard InChI is InChI=1S/C17H14ClIN2O2S/c18-12-6-4-11(5-7-12)17(23)21-10-24-9-15(21)16(22)20-14-3-1-2-13(19)8-14/h1-8,15H,9-10H2,(H,20,22). The largest absolute Gasteiger partial charge is 0.324 e. The molecule has 0 spiro atoms. The van der Waals surface area contributed by atoms with Gasteiger partial charge in [-0.1, -0.05) is 17.7 Å². The summed E-state index contributed by atoms with van der Waals surface area (Å²) in [5, 5.41) is 3.48. The Morgan fingerprint density at radius 2 is 1.96 bits per heavy atom. The number of hydrogen-bond donors (Lipinski definition) is 1. The molecule has 0 saturated carbocycles. The monoisotopic (exact) mass is 472 g/mol. The first-order valence-electron chi connectivity index (χ1n) is 7.25. The summed E-state index contributed by atoms with van der Waals surface area (Å²) in [6, 6.07) is 13.8. The van der Waals surface area contributed by atoms with Gasteiger partial charge in [0.25, 0.3) is 5.91 Å². The van der Waals surface area contributed by atoms with E-state index in [4.69, 9.17) is 11.6 Å². The van der Waals surface area contributed by atoms with Crippen LogP contribution in [0.3, 0.4) is 0 Å². The number of thioether (sulfide) groups is 1. The predicted octanol–water partition coefficient (Wildman–Crippen LogP) is 4.10. The van der Waals surface area contributed by atoms with Crippen molar-refractivity contribution >= 4 is 63.5 Å². The zero-order valence-corrected chi connectivity index (χ0v) is 16.3. The van der Waals surface area contributed by atoms with Crippen molar-refractivity contribution in [3.05, 3.63) is 62.7 Å². The first-order chi connectivity index (χ1) is 11.5.